The van der Waals surface area contributed by atoms with Crippen LogP contribution in [0.2, 0.25) is 0 Å². The number of carbonyl (C=O) groups excluding carboxylic acids is 1. The largest absolute Gasteiger partial charge is 0.493 e. The lowest BCUT2D eigenvalue weighted by atomic mass is 10.2. The van der Waals surface area contributed by atoms with Gasteiger partial charge in [0.05, 0.1) is 26.3 Å². The Kier molecular flexibility index (Phi) is 6.11. The van der Waals surface area contributed by atoms with Crippen LogP contribution in [-0.4, -0.2) is 53.1 Å². The van der Waals surface area contributed by atoms with Gasteiger partial charge < -0.3 is 19.5 Å². The molecule has 0 spiro atoms. The Hall–Kier alpha value is -4.21. The molecule has 1 N–H and O–H groups in total. The number of ether oxygens (including phenoxy) is 3. The molecule has 2 heterocycles. The van der Waals surface area contributed by atoms with E-state index in [9.17, 15) is 9.18 Å². The molecule has 2 aromatic carbocycles. The molecule has 9 nitrogen and oxygen atoms in total. The number of carbonyl (C=O) groups is 1. The number of rotatable bonds is 8. The van der Waals surface area contributed by atoms with E-state index >= 15 is 0 Å². The summed E-state index contributed by atoms with van der Waals surface area (Å²) in [7, 11) is 3.12. The Balaban J connectivity index is 1.45. The first-order valence-electron chi connectivity index (χ1n) is 9.71. The summed E-state index contributed by atoms with van der Waals surface area (Å²) in [5, 5.41) is 15.4. The van der Waals surface area contributed by atoms with Gasteiger partial charge in [-0.25, -0.2) is 4.39 Å². The van der Waals surface area contributed by atoms with E-state index in [1.165, 1.54) is 18.2 Å². The molecule has 0 unspecified atom stereocenters. The van der Waals surface area contributed by atoms with Crippen molar-refractivity contribution in [3.8, 4) is 28.8 Å². The van der Waals surface area contributed by atoms with E-state index in [2.05, 4.69) is 20.6 Å². The Morgan fingerprint density at radius 1 is 1.03 bits per heavy atom. The molecule has 0 radical (unpaired) electrons. The van der Waals surface area contributed by atoms with Crippen molar-refractivity contribution >= 4 is 11.6 Å². The number of methoxy groups -OCH3 is 2. The van der Waals surface area contributed by atoms with Gasteiger partial charge in [-0.3, -0.25) is 4.79 Å². The summed E-state index contributed by atoms with van der Waals surface area (Å²) in [5.74, 6) is 0.885. The third-order valence-electron chi connectivity index (χ3n) is 4.64. The quantitative estimate of drug-likeness (QED) is 0.423. The molecule has 0 aliphatic carbocycles. The summed E-state index contributed by atoms with van der Waals surface area (Å²) in [5.41, 5.74) is 1.25. The van der Waals surface area contributed by atoms with Crippen molar-refractivity contribution in [3.05, 3.63) is 66.0 Å². The van der Waals surface area contributed by atoms with E-state index in [-0.39, 0.29) is 18.7 Å². The van der Waals surface area contributed by atoms with Crippen molar-refractivity contribution in [2.45, 2.75) is 0 Å². The molecule has 4 rings (SSSR count). The minimum atomic E-state index is -0.576. The first-order valence-corrected chi connectivity index (χ1v) is 9.71. The number of hydrogen-bond acceptors (Lipinski definition) is 7. The van der Waals surface area contributed by atoms with Gasteiger partial charge in [-0.05, 0) is 36.4 Å². The zero-order valence-electron chi connectivity index (χ0n) is 17.4. The molecule has 0 fully saturated rings. The smallest absolute Gasteiger partial charge is 0.254 e. The fourth-order valence-electron chi connectivity index (χ4n) is 3.07. The minimum Gasteiger partial charge on any atom is -0.493 e. The van der Waals surface area contributed by atoms with E-state index in [0.29, 0.717) is 28.9 Å². The minimum absolute atomic E-state index is 0.0175. The maximum Gasteiger partial charge on any atom is 0.254 e. The van der Waals surface area contributed by atoms with E-state index in [0.717, 1.165) is 5.56 Å². The predicted molar refractivity (Wildman–Crippen MR) is 114 cm³/mol. The molecule has 164 valence electrons. The average Bonchev–Trinajstić information content (AvgIpc) is 3.24. The number of nitrogens with zero attached hydrogens (tertiary/aromatic N) is 4. The zero-order valence-corrected chi connectivity index (χ0v) is 17.4. The fraction of sp³-hybridized carbons (Fsp3) is 0.182. The second kappa shape index (κ2) is 9.29. The molecule has 0 aliphatic heterocycles. The predicted octanol–water partition coefficient (Wildman–Crippen LogP) is 2.76. The molecule has 4 aromatic rings. The summed E-state index contributed by atoms with van der Waals surface area (Å²) < 4.78 is 31.5. The average molecular weight is 437 g/mol. The highest BCUT2D eigenvalue weighted by Gasteiger charge is 2.14. The van der Waals surface area contributed by atoms with Crippen molar-refractivity contribution < 1.29 is 23.4 Å². The van der Waals surface area contributed by atoms with Crippen LogP contribution in [0.4, 0.5) is 4.39 Å². The van der Waals surface area contributed by atoms with Crippen LogP contribution in [0.3, 0.4) is 0 Å². The van der Waals surface area contributed by atoms with Crippen LogP contribution in [0.15, 0.2) is 54.6 Å². The number of fused-ring (bicyclic) bond motifs is 1. The highest BCUT2D eigenvalue weighted by Crippen LogP contribution is 2.31. The SMILES string of the molecule is COc1ccc(-c2nnc3ccc(OCCNC(=O)c4ccccc4F)nn23)cc1OC. The molecule has 0 atom stereocenters. The molecule has 0 bridgehead atoms. The fourth-order valence-corrected chi connectivity index (χ4v) is 3.07. The van der Waals surface area contributed by atoms with Crippen molar-refractivity contribution in [2.75, 3.05) is 27.4 Å². The number of halogens is 1. The van der Waals surface area contributed by atoms with E-state index in [1.54, 1.807) is 49.1 Å². The maximum absolute atomic E-state index is 13.7. The van der Waals surface area contributed by atoms with Gasteiger partial charge in [-0.2, -0.15) is 4.52 Å². The Labute approximate surface area is 182 Å². The molecule has 32 heavy (non-hydrogen) atoms. The summed E-state index contributed by atoms with van der Waals surface area (Å²) in [6.07, 6.45) is 0. The standard InChI is InChI=1S/C22H20FN5O4/c1-30-17-8-7-14(13-18(17)31-2)21-26-25-19-9-10-20(27-28(19)21)32-12-11-24-22(29)15-5-3-4-6-16(15)23/h3-10,13H,11-12H2,1-2H3,(H,24,29). The summed E-state index contributed by atoms with van der Waals surface area (Å²) in [6.45, 7) is 0.324. The normalized spacial score (nSPS) is 10.7. The van der Waals surface area contributed by atoms with Crippen LogP contribution in [0.5, 0.6) is 17.4 Å². The van der Waals surface area contributed by atoms with Gasteiger partial charge in [-0.15, -0.1) is 15.3 Å². The third-order valence-corrected chi connectivity index (χ3v) is 4.64. The second-order valence-electron chi connectivity index (χ2n) is 6.62. The van der Waals surface area contributed by atoms with Gasteiger partial charge in [-0.1, -0.05) is 12.1 Å². The maximum atomic E-state index is 13.7. The van der Waals surface area contributed by atoms with Crippen molar-refractivity contribution in [1.82, 2.24) is 25.1 Å². The van der Waals surface area contributed by atoms with Crippen LogP contribution in [0.25, 0.3) is 17.0 Å². The zero-order chi connectivity index (χ0) is 22.5. The molecule has 10 heteroatoms. The van der Waals surface area contributed by atoms with Gasteiger partial charge in [0.1, 0.15) is 12.4 Å². The molecule has 1 amide bonds. The molecule has 0 aliphatic rings. The highest BCUT2D eigenvalue weighted by molar-refractivity contribution is 5.94. The van der Waals surface area contributed by atoms with Crippen LogP contribution < -0.4 is 19.5 Å². The number of hydrogen-bond donors (Lipinski definition) is 1. The summed E-state index contributed by atoms with van der Waals surface area (Å²) >= 11 is 0. The van der Waals surface area contributed by atoms with Crippen molar-refractivity contribution in [2.24, 2.45) is 0 Å². The van der Waals surface area contributed by atoms with Crippen molar-refractivity contribution in [1.29, 1.82) is 0 Å². The summed E-state index contributed by atoms with van der Waals surface area (Å²) in [4.78, 5) is 12.1. The van der Waals surface area contributed by atoms with E-state index < -0.39 is 11.7 Å². The molecule has 0 saturated heterocycles. The molecule has 2 aromatic heterocycles. The Morgan fingerprint density at radius 2 is 1.84 bits per heavy atom. The Bertz CT molecular complexity index is 1260. The van der Waals surface area contributed by atoms with Crippen LogP contribution >= 0.6 is 0 Å². The van der Waals surface area contributed by atoms with Crippen LogP contribution in [-0.2, 0) is 0 Å². The molecule has 0 saturated carbocycles. The van der Waals surface area contributed by atoms with Crippen LogP contribution in [0.1, 0.15) is 10.4 Å². The van der Waals surface area contributed by atoms with Gasteiger partial charge in [0, 0.05) is 11.6 Å². The lowest BCUT2D eigenvalue weighted by Gasteiger charge is -2.09. The summed E-state index contributed by atoms with van der Waals surface area (Å²) in [6, 6.07) is 14.5. The lowest BCUT2D eigenvalue weighted by molar-refractivity contribution is 0.0942. The number of aromatic nitrogens is 4. The van der Waals surface area contributed by atoms with E-state index in [4.69, 9.17) is 14.2 Å². The topological polar surface area (TPSA) is 99.9 Å². The van der Waals surface area contributed by atoms with Crippen LogP contribution in [0, 0.1) is 5.82 Å². The van der Waals surface area contributed by atoms with Gasteiger partial charge >= 0.3 is 0 Å². The number of nitrogens with one attached hydrogen (secondary N) is 1. The monoisotopic (exact) mass is 437 g/mol. The molecular formula is C22H20FN5O4. The first kappa shape index (κ1) is 21.0. The third kappa shape index (κ3) is 4.29. The van der Waals surface area contributed by atoms with E-state index in [1.807, 2.05) is 6.07 Å². The second-order valence-corrected chi connectivity index (χ2v) is 6.62. The molecular weight excluding hydrogens is 417 g/mol. The first-order chi connectivity index (χ1) is 15.6. The van der Waals surface area contributed by atoms with Gasteiger partial charge in [0.25, 0.3) is 5.91 Å². The van der Waals surface area contributed by atoms with Gasteiger partial charge in [0.2, 0.25) is 5.88 Å². The number of benzene rings is 2. The highest BCUT2D eigenvalue weighted by atomic mass is 19.1. The number of amides is 1. The Morgan fingerprint density at radius 3 is 2.62 bits per heavy atom. The van der Waals surface area contributed by atoms with Gasteiger partial charge in [0.15, 0.2) is 23.0 Å². The lowest BCUT2D eigenvalue weighted by Crippen LogP contribution is -2.28. The van der Waals surface area contributed by atoms with Crippen molar-refractivity contribution in [3.63, 3.8) is 0 Å².